The molecule has 0 aliphatic carbocycles. The van der Waals surface area contributed by atoms with Crippen LogP contribution < -0.4 is 0 Å². The van der Waals surface area contributed by atoms with Crippen molar-refractivity contribution >= 4 is 65.6 Å². The van der Waals surface area contributed by atoms with Gasteiger partial charge in [0.15, 0.2) is 5.82 Å². The van der Waals surface area contributed by atoms with E-state index in [2.05, 4.69) is 143 Å². The number of furan rings is 1. The van der Waals surface area contributed by atoms with E-state index in [1.807, 2.05) is 16.9 Å². The predicted octanol–water partition coefficient (Wildman–Crippen LogP) is 9.97. The topological polar surface area (TPSA) is 40.8 Å². The lowest BCUT2D eigenvalue weighted by Crippen LogP contribution is -1.99. The number of benzene rings is 6. The van der Waals surface area contributed by atoms with Gasteiger partial charge < -0.3 is 8.98 Å². The SMILES string of the molecule is c1ccc2c(c1)c1ccccc1n2-c1ccc2oc3ccc(-n4ccc(-n5c6ccccc6c6ccccc65)n4)cc3c2c1. The number of fused-ring (bicyclic) bond motifs is 9. The molecular weight excluding hydrogens is 540 g/mol. The zero-order valence-electron chi connectivity index (χ0n) is 23.6. The number of para-hydroxylation sites is 4. The highest BCUT2D eigenvalue weighted by Gasteiger charge is 2.16. The monoisotopic (exact) mass is 564 g/mol. The van der Waals surface area contributed by atoms with Gasteiger partial charge in [0.2, 0.25) is 0 Å². The highest BCUT2D eigenvalue weighted by molar-refractivity contribution is 6.11. The zero-order chi connectivity index (χ0) is 28.8. The Hall–Kier alpha value is -6.07. The molecule has 206 valence electrons. The van der Waals surface area contributed by atoms with Crippen LogP contribution in [0.15, 0.2) is 150 Å². The third-order valence-electron chi connectivity index (χ3n) is 8.92. The Morgan fingerprint density at radius 2 is 0.864 bits per heavy atom. The summed E-state index contributed by atoms with van der Waals surface area (Å²) >= 11 is 0. The predicted molar refractivity (Wildman–Crippen MR) is 180 cm³/mol. The van der Waals surface area contributed by atoms with Gasteiger partial charge in [-0.05, 0) is 60.7 Å². The van der Waals surface area contributed by atoms with Crippen LogP contribution in [0.5, 0.6) is 0 Å². The second kappa shape index (κ2) is 8.72. The second-order valence-electron chi connectivity index (χ2n) is 11.3. The first-order chi connectivity index (χ1) is 21.8. The first-order valence-electron chi connectivity index (χ1n) is 14.8. The standard InChI is InChI=1S/C39H24N4O/c1-5-13-33-27(9-1)28-10-2-6-14-34(28)42(33)26-18-20-38-32(24-26)31-23-25(17-19-37(31)44-38)41-22-21-39(40-41)43-35-15-7-3-11-29(35)30-12-4-8-16-36(30)43/h1-24H. The van der Waals surface area contributed by atoms with Crippen molar-refractivity contribution in [3.8, 4) is 17.2 Å². The Labute approximate surface area is 251 Å². The molecule has 44 heavy (non-hydrogen) atoms. The molecule has 0 N–H and O–H groups in total. The lowest BCUT2D eigenvalue weighted by molar-refractivity contribution is 0.668. The molecule has 5 nitrogen and oxygen atoms in total. The summed E-state index contributed by atoms with van der Waals surface area (Å²) in [6.45, 7) is 0. The van der Waals surface area contributed by atoms with Gasteiger partial charge >= 0.3 is 0 Å². The van der Waals surface area contributed by atoms with Gasteiger partial charge in [-0.25, -0.2) is 4.68 Å². The van der Waals surface area contributed by atoms with E-state index in [0.29, 0.717) is 0 Å². The van der Waals surface area contributed by atoms with Gasteiger partial charge in [-0.1, -0.05) is 72.8 Å². The van der Waals surface area contributed by atoms with E-state index in [1.54, 1.807) is 0 Å². The molecule has 0 amide bonds. The Bertz CT molecular complexity index is 2630. The second-order valence-corrected chi connectivity index (χ2v) is 11.3. The molecule has 0 aliphatic rings. The van der Waals surface area contributed by atoms with Crippen LogP contribution in [0.2, 0.25) is 0 Å². The molecule has 0 fully saturated rings. The number of aromatic nitrogens is 4. The fourth-order valence-electron chi connectivity index (χ4n) is 6.98. The van der Waals surface area contributed by atoms with Gasteiger partial charge in [-0.3, -0.25) is 4.57 Å². The minimum absolute atomic E-state index is 0.859. The molecule has 0 unspecified atom stereocenters. The van der Waals surface area contributed by atoms with Crippen LogP contribution in [-0.2, 0) is 0 Å². The van der Waals surface area contributed by atoms with Crippen molar-refractivity contribution in [1.82, 2.24) is 18.9 Å². The van der Waals surface area contributed by atoms with Gasteiger partial charge in [0.05, 0.1) is 27.8 Å². The third-order valence-corrected chi connectivity index (χ3v) is 8.92. The summed E-state index contributed by atoms with van der Waals surface area (Å²) in [6, 6.07) is 49.1. The third kappa shape index (κ3) is 3.21. The van der Waals surface area contributed by atoms with Crippen molar-refractivity contribution in [2.75, 3.05) is 0 Å². The normalized spacial score (nSPS) is 12.1. The van der Waals surface area contributed by atoms with E-state index >= 15 is 0 Å². The van der Waals surface area contributed by atoms with E-state index in [9.17, 15) is 0 Å². The Balaban J connectivity index is 1.13. The molecule has 0 radical (unpaired) electrons. The Morgan fingerprint density at radius 3 is 1.41 bits per heavy atom. The lowest BCUT2D eigenvalue weighted by Gasteiger charge is -2.08. The average Bonchev–Trinajstić information content (AvgIpc) is 3.85. The lowest BCUT2D eigenvalue weighted by atomic mass is 10.1. The van der Waals surface area contributed by atoms with Gasteiger partial charge in [0, 0.05) is 50.3 Å². The summed E-state index contributed by atoms with van der Waals surface area (Å²) in [5, 5.41) is 12.2. The fourth-order valence-corrected chi connectivity index (χ4v) is 6.98. The molecule has 4 aromatic heterocycles. The molecule has 5 heteroatoms. The van der Waals surface area contributed by atoms with E-state index in [4.69, 9.17) is 9.52 Å². The van der Waals surface area contributed by atoms with Crippen LogP contribution in [0.3, 0.4) is 0 Å². The highest BCUT2D eigenvalue weighted by Crippen LogP contribution is 2.36. The van der Waals surface area contributed by atoms with Crippen LogP contribution in [0.1, 0.15) is 0 Å². The molecule has 0 saturated carbocycles. The van der Waals surface area contributed by atoms with Crippen molar-refractivity contribution < 1.29 is 4.42 Å². The Kier molecular flexibility index (Phi) is 4.66. The quantitative estimate of drug-likeness (QED) is 0.214. The zero-order valence-corrected chi connectivity index (χ0v) is 23.6. The Morgan fingerprint density at radius 1 is 0.409 bits per heavy atom. The summed E-state index contributed by atoms with van der Waals surface area (Å²) in [5.74, 6) is 0.883. The van der Waals surface area contributed by atoms with Crippen molar-refractivity contribution in [2.24, 2.45) is 0 Å². The number of hydrogen-bond acceptors (Lipinski definition) is 2. The van der Waals surface area contributed by atoms with Crippen molar-refractivity contribution in [2.45, 2.75) is 0 Å². The average molecular weight is 565 g/mol. The molecule has 0 atom stereocenters. The minimum Gasteiger partial charge on any atom is -0.456 e. The summed E-state index contributed by atoms with van der Waals surface area (Å²) in [4.78, 5) is 0. The van der Waals surface area contributed by atoms with Crippen molar-refractivity contribution in [1.29, 1.82) is 0 Å². The minimum atomic E-state index is 0.859. The van der Waals surface area contributed by atoms with Gasteiger partial charge in [0.25, 0.3) is 0 Å². The summed E-state index contributed by atoms with van der Waals surface area (Å²) in [7, 11) is 0. The largest absolute Gasteiger partial charge is 0.456 e. The van der Waals surface area contributed by atoms with E-state index < -0.39 is 0 Å². The molecule has 0 spiro atoms. The molecule has 6 aromatic carbocycles. The molecule has 0 saturated heterocycles. The first kappa shape index (κ1) is 23.5. The molecule has 4 heterocycles. The maximum Gasteiger partial charge on any atom is 0.160 e. The molecule has 10 rings (SSSR count). The van der Waals surface area contributed by atoms with E-state index in [-0.39, 0.29) is 0 Å². The van der Waals surface area contributed by atoms with Crippen LogP contribution in [0.4, 0.5) is 0 Å². The summed E-state index contributed by atoms with van der Waals surface area (Å²) in [6.07, 6.45) is 2.03. The highest BCUT2D eigenvalue weighted by atomic mass is 16.3. The molecular formula is C39H24N4O. The first-order valence-corrected chi connectivity index (χ1v) is 14.8. The van der Waals surface area contributed by atoms with Crippen LogP contribution in [0, 0.1) is 0 Å². The maximum atomic E-state index is 6.31. The van der Waals surface area contributed by atoms with Crippen molar-refractivity contribution in [3.05, 3.63) is 146 Å². The smallest absolute Gasteiger partial charge is 0.160 e. The molecule has 0 aliphatic heterocycles. The van der Waals surface area contributed by atoms with Crippen LogP contribution in [0.25, 0.3) is 82.7 Å². The maximum absolute atomic E-state index is 6.31. The summed E-state index contributed by atoms with van der Waals surface area (Å²) < 4.78 is 12.8. The number of nitrogens with zero attached hydrogens (tertiary/aromatic N) is 4. The van der Waals surface area contributed by atoms with Crippen LogP contribution >= 0.6 is 0 Å². The molecule has 0 bridgehead atoms. The molecule has 10 aromatic rings. The number of rotatable bonds is 3. The van der Waals surface area contributed by atoms with Crippen LogP contribution in [-0.4, -0.2) is 18.9 Å². The van der Waals surface area contributed by atoms with E-state index in [0.717, 1.165) is 50.2 Å². The van der Waals surface area contributed by atoms with Gasteiger partial charge in [-0.2, -0.15) is 0 Å². The van der Waals surface area contributed by atoms with Crippen molar-refractivity contribution in [3.63, 3.8) is 0 Å². The van der Waals surface area contributed by atoms with Gasteiger partial charge in [-0.15, -0.1) is 5.10 Å². The summed E-state index contributed by atoms with van der Waals surface area (Å²) in [5.41, 5.74) is 8.49. The van der Waals surface area contributed by atoms with Gasteiger partial charge in [0.1, 0.15) is 11.2 Å². The number of hydrogen-bond donors (Lipinski definition) is 0. The fraction of sp³-hybridized carbons (Fsp3) is 0. The van der Waals surface area contributed by atoms with E-state index in [1.165, 1.54) is 32.6 Å².